The Morgan fingerprint density at radius 3 is 2.83 bits per heavy atom. The number of morpholine rings is 1. The molecule has 2 N–H and O–H groups in total. The summed E-state index contributed by atoms with van der Waals surface area (Å²) < 4.78 is 11.1. The molecule has 0 radical (unpaired) electrons. The summed E-state index contributed by atoms with van der Waals surface area (Å²) in [6, 6.07) is 4.80. The van der Waals surface area contributed by atoms with E-state index in [2.05, 4.69) is 10.6 Å². The Morgan fingerprint density at radius 1 is 1.30 bits per heavy atom. The maximum absolute atomic E-state index is 13.2. The van der Waals surface area contributed by atoms with Crippen LogP contribution in [0.5, 0.6) is 0 Å². The molecule has 5 amide bonds. The summed E-state index contributed by atoms with van der Waals surface area (Å²) >= 11 is 0. The third-order valence-electron chi connectivity index (χ3n) is 6.36. The first-order chi connectivity index (χ1) is 14.4. The van der Waals surface area contributed by atoms with Crippen molar-refractivity contribution in [3.05, 3.63) is 29.3 Å². The van der Waals surface area contributed by atoms with Crippen LogP contribution in [-0.4, -0.2) is 72.6 Å². The van der Waals surface area contributed by atoms with Crippen molar-refractivity contribution in [3.8, 4) is 0 Å². The summed E-state index contributed by atoms with van der Waals surface area (Å²) in [4.78, 5) is 52.6. The molecule has 3 fully saturated rings. The number of amides is 5. The highest BCUT2D eigenvalue weighted by molar-refractivity contribution is 6.06. The molecule has 4 aliphatic rings. The molecular weight excluding hydrogens is 392 g/mol. The zero-order valence-electron chi connectivity index (χ0n) is 16.5. The van der Waals surface area contributed by atoms with Crippen LogP contribution in [0.3, 0.4) is 0 Å². The number of ether oxygens (including phenoxy) is 2. The van der Waals surface area contributed by atoms with Gasteiger partial charge in [-0.3, -0.25) is 9.59 Å². The average Bonchev–Trinajstić information content (AvgIpc) is 3.49. The van der Waals surface area contributed by atoms with Crippen molar-refractivity contribution in [1.29, 1.82) is 0 Å². The van der Waals surface area contributed by atoms with Crippen LogP contribution >= 0.6 is 0 Å². The number of likely N-dealkylation sites (tertiary alicyclic amines) is 1. The lowest BCUT2D eigenvalue weighted by atomic mass is 9.94. The van der Waals surface area contributed by atoms with E-state index in [1.807, 2.05) is 0 Å². The van der Waals surface area contributed by atoms with Crippen LogP contribution in [0.25, 0.3) is 0 Å². The number of anilines is 1. The van der Waals surface area contributed by atoms with Crippen molar-refractivity contribution < 1.29 is 28.7 Å². The van der Waals surface area contributed by atoms with Crippen LogP contribution < -0.4 is 10.6 Å². The highest BCUT2D eigenvalue weighted by Crippen LogP contribution is 2.46. The summed E-state index contributed by atoms with van der Waals surface area (Å²) in [5, 5.41) is 5.16. The SMILES string of the molecule is CNC(=O)Nc1ccc2c(c1)CC[C@]21OC(=O)N(CC(=O)N2CC3CC2CO3)C1=O. The maximum atomic E-state index is 13.2. The number of nitrogens with one attached hydrogen (secondary N) is 2. The Bertz CT molecular complexity index is 965. The van der Waals surface area contributed by atoms with E-state index in [4.69, 9.17) is 9.47 Å². The van der Waals surface area contributed by atoms with E-state index in [0.717, 1.165) is 16.9 Å². The first-order valence-corrected chi connectivity index (χ1v) is 9.99. The van der Waals surface area contributed by atoms with Crippen LogP contribution in [0.1, 0.15) is 24.0 Å². The monoisotopic (exact) mass is 414 g/mol. The Morgan fingerprint density at radius 2 is 2.13 bits per heavy atom. The number of fused-ring (bicyclic) bond motifs is 4. The average molecular weight is 414 g/mol. The van der Waals surface area contributed by atoms with Gasteiger partial charge in [0.2, 0.25) is 11.5 Å². The van der Waals surface area contributed by atoms with Crippen molar-refractivity contribution in [2.45, 2.75) is 37.0 Å². The number of rotatable bonds is 3. The smallest absolute Gasteiger partial charge is 0.418 e. The fraction of sp³-hybridized carbons (Fsp3) is 0.500. The molecule has 3 aliphatic heterocycles. The van der Waals surface area contributed by atoms with Gasteiger partial charge in [0.1, 0.15) is 6.54 Å². The first kappa shape index (κ1) is 18.9. The van der Waals surface area contributed by atoms with E-state index in [0.29, 0.717) is 37.2 Å². The van der Waals surface area contributed by atoms with Crippen molar-refractivity contribution in [1.82, 2.24) is 15.1 Å². The van der Waals surface area contributed by atoms with Crippen molar-refractivity contribution in [2.24, 2.45) is 0 Å². The van der Waals surface area contributed by atoms with Gasteiger partial charge in [0.25, 0.3) is 5.91 Å². The maximum Gasteiger partial charge on any atom is 0.418 e. The molecule has 1 aromatic rings. The molecular formula is C20H22N4O6. The van der Waals surface area contributed by atoms with Gasteiger partial charge in [0.15, 0.2) is 0 Å². The molecule has 10 heteroatoms. The summed E-state index contributed by atoms with van der Waals surface area (Å²) in [6.45, 7) is 0.669. The molecule has 3 heterocycles. The molecule has 1 aromatic carbocycles. The first-order valence-electron chi connectivity index (χ1n) is 9.99. The van der Waals surface area contributed by atoms with Gasteiger partial charge in [-0.05, 0) is 30.5 Å². The third-order valence-corrected chi connectivity index (χ3v) is 6.36. The molecule has 30 heavy (non-hydrogen) atoms. The van der Waals surface area contributed by atoms with Gasteiger partial charge in [0, 0.05) is 31.3 Å². The minimum absolute atomic E-state index is 0.0173. The van der Waals surface area contributed by atoms with Crippen LogP contribution in [0.15, 0.2) is 18.2 Å². The summed E-state index contributed by atoms with van der Waals surface area (Å²) in [7, 11) is 1.52. The van der Waals surface area contributed by atoms with Crippen molar-refractivity contribution in [2.75, 3.05) is 32.1 Å². The normalized spacial score (nSPS) is 28.8. The molecule has 3 atom stereocenters. The number of nitrogens with zero attached hydrogens (tertiary/aromatic N) is 2. The van der Waals surface area contributed by atoms with E-state index in [-0.39, 0.29) is 30.6 Å². The number of benzene rings is 1. The summed E-state index contributed by atoms with van der Waals surface area (Å²) in [6.07, 6.45) is 0.879. The van der Waals surface area contributed by atoms with Crippen molar-refractivity contribution >= 4 is 29.6 Å². The van der Waals surface area contributed by atoms with Gasteiger partial charge in [-0.1, -0.05) is 6.07 Å². The second-order valence-electron chi connectivity index (χ2n) is 8.05. The zero-order valence-corrected chi connectivity index (χ0v) is 16.5. The lowest BCUT2D eigenvalue weighted by molar-refractivity contribution is -0.143. The second kappa shape index (κ2) is 6.69. The summed E-state index contributed by atoms with van der Waals surface area (Å²) in [5.41, 5.74) is 0.616. The van der Waals surface area contributed by atoms with Gasteiger partial charge < -0.3 is 25.0 Å². The molecule has 2 bridgehead atoms. The highest BCUT2D eigenvalue weighted by Gasteiger charge is 2.58. The van der Waals surface area contributed by atoms with Gasteiger partial charge in [-0.2, -0.15) is 0 Å². The largest absolute Gasteiger partial charge is 0.427 e. The molecule has 1 spiro atoms. The Balaban J connectivity index is 1.35. The summed E-state index contributed by atoms with van der Waals surface area (Å²) in [5.74, 6) is -0.774. The van der Waals surface area contributed by atoms with Crippen LogP contribution in [0, 0.1) is 0 Å². The number of carbonyl (C=O) groups is 4. The Kier molecular flexibility index (Phi) is 4.21. The Labute approximate surface area is 172 Å². The molecule has 158 valence electrons. The van der Waals surface area contributed by atoms with E-state index in [9.17, 15) is 19.2 Å². The number of imide groups is 1. The van der Waals surface area contributed by atoms with E-state index >= 15 is 0 Å². The predicted molar refractivity (Wildman–Crippen MR) is 103 cm³/mol. The molecule has 0 saturated carbocycles. The molecule has 5 rings (SSSR count). The molecule has 2 unspecified atom stereocenters. The topological polar surface area (TPSA) is 117 Å². The van der Waals surface area contributed by atoms with Crippen LogP contribution in [0.4, 0.5) is 15.3 Å². The number of carbonyl (C=O) groups excluding carboxylic acids is 4. The molecule has 0 aromatic heterocycles. The van der Waals surface area contributed by atoms with Crippen LogP contribution in [-0.2, 0) is 31.1 Å². The van der Waals surface area contributed by atoms with E-state index in [1.165, 1.54) is 7.05 Å². The quantitative estimate of drug-likeness (QED) is 0.746. The minimum atomic E-state index is -1.40. The zero-order chi connectivity index (χ0) is 21.0. The van der Waals surface area contributed by atoms with Gasteiger partial charge in [0.05, 0.1) is 18.8 Å². The lowest BCUT2D eigenvalue weighted by Crippen LogP contribution is -2.48. The minimum Gasteiger partial charge on any atom is -0.427 e. The molecule has 10 nitrogen and oxygen atoms in total. The number of hydrogen-bond acceptors (Lipinski definition) is 6. The van der Waals surface area contributed by atoms with E-state index in [1.54, 1.807) is 23.1 Å². The van der Waals surface area contributed by atoms with E-state index < -0.39 is 17.6 Å². The Hall–Kier alpha value is -3.14. The van der Waals surface area contributed by atoms with Gasteiger partial charge in [-0.25, -0.2) is 14.5 Å². The fourth-order valence-corrected chi connectivity index (χ4v) is 4.86. The molecule has 3 saturated heterocycles. The standard InChI is InChI=1S/C20H22N4O6/c1-21-18(27)22-12-2-3-15-11(6-12)4-5-20(15)17(26)24(19(28)30-20)9-16(25)23-8-14-7-13(23)10-29-14/h2-3,6,13-14H,4-5,7-10H2,1H3,(H2,21,22,27)/t13?,14?,20-/m0/s1. The van der Waals surface area contributed by atoms with Gasteiger partial charge >= 0.3 is 12.1 Å². The lowest BCUT2D eigenvalue weighted by Gasteiger charge is -2.28. The predicted octanol–water partition coefficient (Wildman–Crippen LogP) is 0.558. The van der Waals surface area contributed by atoms with Crippen LogP contribution in [0.2, 0.25) is 0 Å². The van der Waals surface area contributed by atoms with Gasteiger partial charge in [-0.15, -0.1) is 0 Å². The highest BCUT2D eigenvalue weighted by atomic mass is 16.6. The molecule has 1 aliphatic carbocycles. The number of urea groups is 1. The van der Waals surface area contributed by atoms with Crippen molar-refractivity contribution in [3.63, 3.8) is 0 Å². The second-order valence-corrected chi connectivity index (χ2v) is 8.05. The fourth-order valence-electron chi connectivity index (χ4n) is 4.86. The number of aryl methyl sites for hydroxylation is 1. The number of hydrogen-bond donors (Lipinski definition) is 2. The third kappa shape index (κ3) is 2.74.